The van der Waals surface area contributed by atoms with E-state index in [9.17, 15) is 0 Å². The zero-order chi connectivity index (χ0) is 116. The highest BCUT2D eigenvalue weighted by atomic mass is 16.3. The van der Waals surface area contributed by atoms with Crippen LogP contribution in [0.2, 0.25) is 0 Å². The van der Waals surface area contributed by atoms with Crippen molar-refractivity contribution in [1.82, 2.24) is 19.9 Å². The van der Waals surface area contributed by atoms with Crippen molar-refractivity contribution >= 4 is 87.8 Å². The Hall–Kier alpha value is -13.8. The van der Waals surface area contributed by atoms with E-state index in [1.54, 1.807) is 193 Å². The summed E-state index contributed by atoms with van der Waals surface area (Å²) in [7, 11) is 7.08. The molecule has 0 saturated carbocycles. The fraction of sp³-hybridized carbons (Fsp3) is 0.214. The quantitative estimate of drug-likeness (QED) is 0.160. The Morgan fingerprint density at radius 2 is 0.597 bits per heavy atom. The lowest BCUT2D eigenvalue weighted by molar-refractivity contribution is -0.660. The second-order valence-corrected chi connectivity index (χ2v) is 32.7. The van der Waals surface area contributed by atoms with Gasteiger partial charge in [0, 0.05) is 231 Å². The summed E-state index contributed by atoms with van der Waals surface area (Å²) in [6, 6.07) is 51.5. The molecular weight excluding hydrogens is 1520 g/mol. The molecular formula is C112H100N8O4+4. The van der Waals surface area contributed by atoms with Gasteiger partial charge in [-0.1, -0.05) is 164 Å². The van der Waals surface area contributed by atoms with Crippen molar-refractivity contribution in [3.63, 3.8) is 0 Å². The smallest absolute Gasteiger partial charge is 0.216 e. The van der Waals surface area contributed by atoms with Crippen LogP contribution in [0.25, 0.3) is 177 Å². The topological polar surface area (TPSA) is 120 Å². The molecule has 0 N–H and O–H groups in total. The van der Waals surface area contributed by atoms with Gasteiger partial charge in [0.2, 0.25) is 22.8 Å². The Morgan fingerprint density at radius 1 is 0.266 bits per heavy atom. The van der Waals surface area contributed by atoms with E-state index in [-0.39, 0.29) is 72.6 Å². The van der Waals surface area contributed by atoms with Crippen LogP contribution in [-0.2, 0) is 49.9 Å². The minimum atomic E-state index is -2.92. The standard InChI is InChI=1S/4C28H25N2O/c1-16-6-11-23(30(5)15-16)24-17(2)7-8-18-19-9-10-22-25(27(19)31-26(18)24)20-14-29-13-12-21(20)28(22,3)4;1-16-6-11-23(30(5)15-16)24-17(2)7-8-18-19-9-10-21-25(27(19)31-26(18)24)20-12-13-29-14-22(20)28(21,3)4;1-16-8-13-22(30(5)15-16)23-17(2)9-10-18-19-11-12-20-24(27(19)31-26(18)23)25-21(28(20,3)4)7-6-14-29-25;1-16-8-13-22(30(5)15-16)23-17(2)9-10-18-19-11-12-21-24(26(19)31-25(18)23)20-7-6-14-29-27(20)28(21,3)4/h4*6-15H,1-5H3/q4*+1/i4*1D3,3D3,4D3. The van der Waals surface area contributed by atoms with E-state index in [1.165, 1.54) is 49.3 Å². The number of rotatable bonds is 4. The third kappa shape index (κ3) is 11.4. The highest BCUT2D eigenvalue weighted by molar-refractivity contribution is 6.19. The van der Waals surface area contributed by atoms with Crippen LogP contribution in [0.4, 0.5) is 0 Å². The molecule has 4 aliphatic rings. The van der Waals surface area contributed by atoms with Gasteiger partial charge in [0.25, 0.3) is 0 Å². The Balaban J connectivity index is 0.000000123. The highest BCUT2D eigenvalue weighted by Crippen LogP contribution is 2.58. The molecule has 12 aromatic heterocycles. The predicted octanol–water partition coefficient (Wildman–Crippen LogP) is 25.6. The van der Waals surface area contributed by atoms with Gasteiger partial charge in [0.1, 0.15) is 72.9 Å². The van der Waals surface area contributed by atoms with Crippen LogP contribution in [0.5, 0.6) is 0 Å². The van der Waals surface area contributed by atoms with Crippen molar-refractivity contribution in [3.8, 4) is 89.7 Å². The van der Waals surface area contributed by atoms with Crippen LogP contribution in [0.1, 0.15) is 193 Å². The van der Waals surface area contributed by atoms with Crippen molar-refractivity contribution in [1.29, 1.82) is 0 Å². The second kappa shape index (κ2) is 27.8. The lowest BCUT2D eigenvalue weighted by atomic mass is 9.82. The predicted molar refractivity (Wildman–Crippen MR) is 501 cm³/mol. The third-order valence-corrected chi connectivity index (χ3v) is 25.1. The van der Waals surface area contributed by atoms with E-state index in [1.807, 2.05) is 76.2 Å². The van der Waals surface area contributed by atoms with Crippen LogP contribution < -0.4 is 18.3 Å². The van der Waals surface area contributed by atoms with Crippen LogP contribution in [-0.4, -0.2) is 19.9 Å². The summed E-state index contributed by atoms with van der Waals surface area (Å²) >= 11 is 0. The van der Waals surface area contributed by atoms with Gasteiger partial charge in [-0.15, -0.1) is 0 Å². The van der Waals surface area contributed by atoms with Gasteiger partial charge in [-0.25, -0.2) is 18.3 Å². The van der Waals surface area contributed by atoms with Crippen LogP contribution in [0.15, 0.2) is 262 Å². The van der Waals surface area contributed by atoms with Gasteiger partial charge in [-0.3, -0.25) is 19.9 Å². The molecule has 0 unspecified atom stereocenters. The average molecular weight is 1660 g/mol. The zero-order valence-electron chi connectivity index (χ0n) is 104. The number of fused-ring (bicyclic) bond motifs is 28. The second-order valence-electron chi connectivity index (χ2n) is 32.7. The molecule has 0 amide bonds. The number of benzene rings is 8. The maximum absolute atomic E-state index is 8.45. The Morgan fingerprint density at radius 3 is 1.01 bits per heavy atom. The molecule has 0 atom stereocenters. The van der Waals surface area contributed by atoms with Crippen molar-refractivity contribution in [2.45, 2.75) is 132 Å². The number of nitrogens with zero attached hydrogens (tertiary/aromatic N) is 8. The molecule has 12 heterocycles. The SMILES string of the molecule is [2H]C([2H])([2H])c1ccc(-c2c(C)ccc3c2oc2c4c(ccc23)C(C([2H])([2H])[2H])(C([2H])([2H])[2H])c2cccnc2-4)[n+](C)c1.[2H]C([2H])([2H])c1ccc(-c2c(C)ccc3c2oc2c4c(ccc23)C(C([2H])([2H])[2H])(C([2H])([2H])[2H])c2ccncc2-4)[n+](C)c1.[2H]C([2H])([2H])c1ccc(-c2c(C)ccc3c2oc2c4c(ccc23)C(C([2H])([2H])[2H])(C([2H])([2H])[2H])c2cnccc2-4)[n+](C)c1.[2H]C([2H])([2H])c1ccc(-c2c(C)ccc3c2oc2c4c(ccc23)C(C([2H])([2H])[2H])(C([2H])([2H])[2H])c2ncccc2-4)[n+](C)c1. The van der Waals surface area contributed by atoms with Crippen molar-refractivity contribution in [2.75, 3.05) is 0 Å². The largest absolute Gasteiger partial charge is 0.454 e. The summed E-state index contributed by atoms with van der Waals surface area (Å²) < 4.78 is 329. The lowest BCUT2D eigenvalue weighted by Crippen LogP contribution is -2.31. The molecule has 0 radical (unpaired) electrons. The summed E-state index contributed by atoms with van der Waals surface area (Å²) in [5.74, 6) is 0. The summed E-state index contributed by atoms with van der Waals surface area (Å²) in [5.41, 5.74) is 9.05. The third-order valence-electron chi connectivity index (χ3n) is 25.1. The first kappa shape index (κ1) is 47.5. The highest BCUT2D eigenvalue weighted by Gasteiger charge is 2.44. The summed E-state index contributed by atoms with van der Waals surface area (Å²) in [6.07, 6.45) is 15.0. The molecule has 124 heavy (non-hydrogen) atoms. The van der Waals surface area contributed by atoms with E-state index in [0.29, 0.717) is 105 Å². The van der Waals surface area contributed by atoms with Gasteiger partial charge in [0.05, 0.1) is 33.6 Å². The first-order valence-electron chi connectivity index (χ1n) is 58.2. The maximum atomic E-state index is 8.45. The Bertz CT molecular complexity index is 8410. The Kier molecular flexibility index (Phi) is 10.7. The molecule has 0 aliphatic heterocycles. The van der Waals surface area contributed by atoms with Crippen molar-refractivity contribution < 1.29 is 85.3 Å². The molecule has 12 nitrogen and oxygen atoms in total. The molecule has 8 aromatic carbocycles. The fourth-order valence-electron chi connectivity index (χ4n) is 19.2. The first-order chi connectivity index (χ1) is 74.3. The van der Waals surface area contributed by atoms with Crippen LogP contribution in [0.3, 0.4) is 0 Å². The molecule has 4 aliphatic carbocycles. The lowest BCUT2D eigenvalue weighted by Gasteiger charge is -2.20. The van der Waals surface area contributed by atoms with Crippen LogP contribution >= 0.6 is 0 Å². The number of furan rings is 4. The minimum Gasteiger partial charge on any atom is -0.454 e. The molecule has 20 aromatic rings. The van der Waals surface area contributed by atoms with E-state index in [2.05, 4.69) is 19.9 Å². The van der Waals surface area contributed by atoms with Gasteiger partial charge >= 0.3 is 0 Å². The number of aryl methyl sites for hydroxylation is 12. The minimum absolute atomic E-state index is 0.0129. The number of pyridine rings is 8. The number of hydrogen-bond donors (Lipinski definition) is 0. The van der Waals surface area contributed by atoms with Gasteiger partial charge < -0.3 is 17.7 Å². The van der Waals surface area contributed by atoms with Gasteiger partial charge in [-0.05, 0) is 170 Å². The number of hydrogen-bond acceptors (Lipinski definition) is 8. The summed E-state index contributed by atoms with van der Waals surface area (Å²) in [4.78, 5) is 17.1. The molecule has 0 spiro atoms. The number of aromatic nitrogens is 8. The Labute approximate surface area is 773 Å². The zero-order valence-corrected chi connectivity index (χ0v) is 68.3. The molecule has 0 bridgehead atoms. The van der Waals surface area contributed by atoms with Crippen LogP contribution in [0, 0.1) is 55.1 Å². The van der Waals surface area contributed by atoms with E-state index in [4.69, 9.17) is 67.0 Å². The molecule has 0 fully saturated rings. The summed E-state index contributed by atoms with van der Waals surface area (Å²) in [5, 5.41) is 5.89. The maximum Gasteiger partial charge on any atom is 0.216 e. The summed E-state index contributed by atoms with van der Waals surface area (Å²) in [6.45, 7) is -24.5. The normalized spacial score (nSPS) is 19.7. The van der Waals surface area contributed by atoms with Gasteiger partial charge in [0.15, 0.2) is 24.8 Å². The van der Waals surface area contributed by atoms with Crippen molar-refractivity contribution in [2.24, 2.45) is 28.2 Å². The van der Waals surface area contributed by atoms with E-state index >= 15 is 0 Å². The van der Waals surface area contributed by atoms with Gasteiger partial charge in [-0.2, -0.15) is 0 Å². The van der Waals surface area contributed by atoms with E-state index in [0.717, 1.165) is 88.8 Å². The monoisotopic (exact) mass is 1660 g/mol. The molecule has 24 rings (SSSR count). The fourth-order valence-corrected chi connectivity index (χ4v) is 19.2. The van der Waals surface area contributed by atoms with E-state index < -0.39 is 104 Å². The first-order valence-corrected chi connectivity index (χ1v) is 40.2. The molecule has 0 saturated heterocycles. The molecule has 608 valence electrons. The average Bonchev–Trinajstić information content (AvgIpc) is 1.52. The molecule has 12 heteroatoms. The van der Waals surface area contributed by atoms with Crippen molar-refractivity contribution in [3.05, 3.63) is 333 Å².